The van der Waals surface area contributed by atoms with Gasteiger partial charge >= 0.3 is 0 Å². The maximum absolute atomic E-state index is 12.5. The van der Waals surface area contributed by atoms with Crippen LogP contribution < -0.4 is 4.90 Å². The molecule has 0 bridgehead atoms. The molecule has 3 rings (SSSR count). The van der Waals surface area contributed by atoms with Crippen molar-refractivity contribution >= 4 is 11.6 Å². The van der Waals surface area contributed by atoms with Crippen molar-refractivity contribution in [3.05, 3.63) is 71.1 Å². The molecular formula is C16H14NOV-. The average molecular weight is 287 g/mol. The fourth-order valence-electron chi connectivity index (χ4n) is 2.52. The summed E-state index contributed by atoms with van der Waals surface area (Å²) in [5.74, 6) is 1.20. The van der Waals surface area contributed by atoms with Gasteiger partial charge in [-0.25, -0.2) is 0 Å². The second kappa shape index (κ2) is 5.16. The molecule has 0 N–H and O–H groups in total. The van der Waals surface area contributed by atoms with Crippen molar-refractivity contribution in [2.24, 2.45) is 0 Å². The number of anilines is 1. The number of amides is 1. The summed E-state index contributed by atoms with van der Waals surface area (Å²) in [6.07, 6.45) is 0. The van der Waals surface area contributed by atoms with Gasteiger partial charge in [0.25, 0.3) is 0 Å². The minimum atomic E-state index is 0. The van der Waals surface area contributed by atoms with E-state index in [0.717, 1.165) is 28.3 Å². The number of fused-ring (bicyclic) bond motifs is 2. The second-order valence-electron chi connectivity index (χ2n) is 4.55. The molecule has 1 heterocycles. The van der Waals surface area contributed by atoms with Gasteiger partial charge in [0, 0.05) is 25.6 Å². The van der Waals surface area contributed by atoms with Crippen LogP contribution in [0.3, 0.4) is 0 Å². The molecule has 1 amide bonds. The van der Waals surface area contributed by atoms with Crippen molar-refractivity contribution in [2.45, 2.75) is 6.92 Å². The van der Waals surface area contributed by atoms with E-state index in [9.17, 15) is 4.79 Å². The largest absolute Gasteiger partial charge is 0.349 e. The summed E-state index contributed by atoms with van der Waals surface area (Å²) in [7, 11) is 1.83. The summed E-state index contributed by atoms with van der Waals surface area (Å²) in [5.41, 5.74) is 3.89. The summed E-state index contributed by atoms with van der Waals surface area (Å²) in [4.78, 5) is 14.2. The molecule has 2 aromatic rings. The van der Waals surface area contributed by atoms with E-state index >= 15 is 0 Å². The van der Waals surface area contributed by atoms with Gasteiger partial charge in [-0.3, -0.25) is 4.79 Å². The van der Waals surface area contributed by atoms with E-state index in [2.05, 4.69) is 13.0 Å². The van der Waals surface area contributed by atoms with Gasteiger partial charge in [-0.1, -0.05) is 48.9 Å². The van der Waals surface area contributed by atoms with Crippen molar-refractivity contribution in [1.82, 2.24) is 0 Å². The standard InChI is InChI=1S/C16H14NO.V/c1-11-12-7-3-4-9-14(12)16(18)17(2)15-10-6-5-8-13(11)15;/h3-10H,1-2H3;/q-1;. The minimum absolute atomic E-state index is 0. The van der Waals surface area contributed by atoms with E-state index in [-0.39, 0.29) is 24.5 Å². The van der Waals surface area contributed by atoms with Gasteiger partial charge in [0.1, 0.15) is 0 Å². The number of para-hydroxylation sites is 1. The Morgan fingerprint density at radius 3 is 2.26 bits per heavy atom. The summed E-state index contributed by atoms with van der Waals surface area (Å²) < 4.78 is 0. The molecule has 0 aromatic heterocycles. The molecule has 0 atom stereocenters. The van der Waals surface area contributed by atoms with Crippen LogP contribution >= 0.6 is 0 Å². The van der Waals surface area contributed by atoms with E-state index in [1.54, 1.807) is 4.90 Å². The molecule has 0 saturated heterocycles. The molecule has 95 valence electrons. The first-order chi connectivity index (χ1) is 8.70. The fourth-order valence-corrected chi connectivity index (χ4v) is 2.52. The molecule has 1 aliphatic rings. The maximum Gasteiger partial charge on any atom is 0.218 e. The molecule has 0 spiro atoms. The van der Waals surface area contributed by atoms with Gasteiger partial charge in [0.15, 0.2) is 0 Å². The van der Waals surface area contributed by atoms with E-state index in [0.29, 0.717) is 0 Å². The first-order valence-corrected chi connectivity index (χ1v) is 6.00. The van der Waals surface area contributed by atoms with Gasteiger partial charge in [-0.15, -0.1) is 23.6 Å². The summed E-state index contributed by atoms with van der Waals surface area (Å²) in [6, 6.07) is 15.8. The van der Waals surface area contributed by atoms with Crippen LogP contribution in [0.15, 0.2) is 48.5 Å². The summed E-state index contributed by atoms with van der Waals surface area (Å²) in [6.45, 7) is 2.07. The molecular weight excluding hydrogens is 273 g/mol. The molecule has 0 aliphatic carbocycles. The predicted molar refractivity (Wildman–Crippen MR) is 72.7 cm³/mol. The first-order valence-electron chi connectivity index (χ1n) is 6.00. The Bertz CT molecular complexity index is 624. The smallest absolute Gasteiger partial charge is 0.218 e. The average Bonchev–Trinajstić information content (AvgIpc) is 2.51. The maximum atomic E-state index is 12.5. The van der Waals surface area contributed by atoms with Crippen LogP contribution in [0.1, 0.15) is 28.4 Å². The van der Waals surface area contributed by atoms with Crippen LogP contribution in [0.5, 0.6) is 0 Å². The van der Waals surface area contributed by atoms with Crippen molar-refractivity contribution in [3.8, 4) is 0 Å². The van der Waals surface area contributed by atoms with Crippen LogP contribution in [0.25, 0.3) is 0 Å². The molecule has 2 nitrogen and oxygen atoms in total. The Morgan fingerprint density at radius 1 is 0.947 bits per heavy atom. The Kier molecular flexibility index (Phi) is 3.74. The van der Waals surface area contributed by atoms with Crippen molar-refractivity contribution < 1.29 is 23.4 Å². The first kappa shape index (κ1) is 13.8. The Morgan fingerprint density at radius 2 is 1.53 bits per heavy atom. The van der Waals surface area contributed by atoms with Crippen LogP contribution in [0.2, 0.25) is 0 Å². The van der Waals surface area contributed by atoms with E-state index in [1.165, 1.54) is 0 Å². The summed E-state index contributed by atoms with van der Waals surface area (Å²) in [5, 5.41) is 0. The van der Waals surface area contributed by atoms with E-state index in [1.807, 2.05) is 49.5 Å². The van der Waals surface area contributed by atoms with E-state index < -0.39 is 0 Å². The Labute approximate surface area is 125 Å². The van der Waals surface area contributed by atoms with Crippen molar-refractivity contribution in [1.29, 1.82) is 0 Å². The third-order valence-corrected chi connectivity index (χ3v) is 3.54. The zero-order valence-corrected chi connectivity index (χ0v) is 12.3. The molecule has 3 heteroatoms. The van der Waals surface area contributed by atoms with Crippen LogP contribution in [0.4, 0.5) is 5.69 Å². The number of carbonyl (C=O) groups is 1. The molecule has 0 unspecified atom stereocenters. The Hall–Kier alpha value is -1.64. The SMILES string of the molecule is C[C-]1c2ccccc2C(=O)N(C)c2ccccc21.[V]. The third kappa shape index (κ3) is 2.07. The predicted octanol–water partition coefficient (Wildman–Crippen LogP) is 3.26. The number of benzene rings is 2. The number of hydrogen-bond acceptors (Lipinski definition) is 1. The van der Waals surface area contributed by atoms with Gasteiger partial charge < -0.3 is 4.90 Å². The topological polar surface area (TPSA) is 20.3 Å². The van der Waals surface area contributed by atoms with E-state index in [4.69, 9.17) is 0 Å². The van der Waals surface area contributed by atoms with Crippen molar-refractivity contribution in [2.75, 3.05) is 11.9 Å². The zero-order chi connectivity index (χ0) is 12.7. The number of carbonyl (C=O) groups excluding carboxylic acids is 1. The molecule has 1 aliphatic heterocycles. The fraction of sp³-hybridized carbons (Fsp3) is 0.125. The molecule has 0 saturated carbocycles. The van der Waals surface area contributed by atoms with Crippen LogP contribution in [-0.2, 0) is 18.6 Å². The van der Waals surface area contributed by atoms with Gasteiger partial charge in [0.05, 0.1) is 0 Å². The zero-order valence-electron chi connectivity index (χ0n) is 10.9. The van der Waals surface area contributed by atoms with Gasteiger partial charge in [-0.05, 0) is 11.3 Å². The number of nitrogens with zero attached hydrogens (tertiary/aromatic N) is 1. The van der Waals surface area contributed by atoms with Gasteiger partial charge in [-0.2, -0.15) is 0 Å². The molecule has 0 fully saturated rings. The van der Waals surface area contributed by atoms with Crippen LogP contribution in [0, 0.1) is 5.92 Å². The van der Waals surface area contributed by atoms with Crippen molar-refractivity contribution in [3.63, 3.8) is 0 Å². The molecule has 19 heavy (non-hydrogen) atoms. The van der Waals surface area contributed by atoms with Gasteiger partial charge in [0.2, 0.25) is 5.91 Å². The molecule has 1 radical (unpaired) electrons. The normalized spacial score (nSPS) is 13.3. The third-order valence-electron chi connectivity index (χ3n) is 3.54. The monoisotopic (exact) mass is 287 g/mol. The minimum Gasteiger partial charge on any atom is -0.349 e. The van der Waals surface area contributed by atoms with Crippen LogP contribution in [-0.4, -0.2) is 13.0 Å². The second-order valence-corrected chi connectivity index (χ2v) is 4.55. The summed E-state index contributed by atoms with van der Waals surface area (Å²) >= 11 is 0. The molecule has 2 aromatic carbocycles. The number of rotatable bonds is 0. The quantitative estimate of drug-likeness (QED) is 0.681. The Balaban J connectivity index is 0.00000133. The number of hydrogen-bond donors (Lipinski definition) is 0.